The van der Waals surface area contributed by atoms with Crippen molar-refractivity contribution in [2.75, 3.05) is 31.9 Å². The van der Waals surface area contributed by atoms with Crippen LogP contribution in [-0.4, -0.2) is 53.0 Å². The summed E-state index contributed by atoms with van der Waals surface area (Å²) in [6, 6.07) is 0. The molecule has 2 aliphatic heterocycles. The first-order valence-electron chi connectivity index (χ1n) is 10.3. The van der Waals surface area contributed by atoms with Crippen molar-refractivity contribution in [3.05, 3.63) is 0 Å². The van der Waals surface area contributed by atoms with Gasteiger partial charge in [-0.2, -0.15) is 0 Å². The monoisotopic (exact) mass is 348 g/mol. The molecule has 4 heteroatoms. The average Bonchev–Trinajstić information content (AvgIpc) is 3.14. The van der Waals surface area contributed by atoms with Gasteiger partial charge >= 0.3 is 0 Å². The molecule has 2 heterocycles. The normalized spacial score (nSPS) is 44.8. The Kier molecular flexibility index (Phi) is 4.12. The van der Waals surface area contributed by atoms with E-state index in [-0.39, 0.29) is 0 Å². The highest BCUT2D eigenvalue weighted by atomic mass is 32.2. The fourth-order valence-corrected chi connectivity index (χ4v) is 8.48. The minimum absolute atomic E-state index is 0.411. The summed E-state index contributed by atoms with van der Waals surface area (Å²) in [7, 11) is 0. The van der Waals surface area contributed by atoms with Crippen molar-refractivity contribution in [1.82, 2.24) is 9.80 Å². The van der Waals surface area contributed by atoms with Crippen LogP contribution in [-0.2, 0) is 4.79 Å². The van der Waals surface area contributed by atoms with Crippen LogP contribution in [0.1, 0.15) is 57.8 Å². The van der Waals surface area contributed by atoms with Gasteiger partial charge in [-0.3, -0.25) is 4.79 Å². The van der Waals surface area contributed by atoms with Gasteiger partial charge < -0.3 is 9.80 Å². The maximum absolute atomic E-state index is 12.5. The van der Waals surface area contributed by atoms with E-state index in [9.17, 15) is 4.79 Å². The Labute approximate surface area is 150 Å². The molecule has 0 aromatic rings. The molecule has 6 aliphatic rings. The van der Waals surface area contributed by atoms with E-state index in [4.69, 9.17) is 0 Å². The van der Waals surface area contributed by atoms with E-state index in [0.29, 0.717) is 16.7 Å². The molecule has 1 unspecified atom stereocenters. The van der Waals surface area contributed by atoms with E-state index in [2.05, 4.69) is 9.80 Å². The van der Waals surface area contributed by atoms with Crippen molar-refractivity contribution in [1.29, 1.82) is 0 Å². The largest absolute Gasteiger partial charge is 0.329 e. The lowest BCUT2D eigenvalue weighted by molar-refractivity contribution is -0.129. The number of hydrogen-bond acceptors (Lipinski definition) is 3. The Morgan fingerprint density at radius 3 is 2.21 bits per heavy atom. The van der Waals surface area contributed by atoms with Crippen LogP contribution in [0.15, 0.2) is 0 Å². The Morgan fingerprint density at radius 2 is 1.58 bits per heavy atom. The van der Waals surface area contributed by atoms with Gasteiger partial charge in [0.15, 0.2) is 0 Å². The fourth-order valence-electron chi connectivity index (χ4n) is 7.10. The summed E-state index contributed by atoms with van der Waals surface area (Å²) in [5, 5.41) is 0.483. The lowest BCUT2D eigenvalue weighted by atomic mass is 9.49. The molecular formula is C20H32N2OS. The summed E-state index contributed by atoms with van der Waals surface area (Å²) in [6.07, 6.45) is 13.0. The number of rotatable bonds is 5. The zero-order chi connectivity index (χ0) is 16.1. The molecule has 134 valence electrons. The summed E-state index contributed by atoms with van der Waals surface area (Å²) in [5.74, 6) is 4.22. The topological polar surface area (TPSA) is 23.6 Å². The number of thioether (sulfide) groups is 1. The molecule has 4 aliphatic carbocycles. The van der Waals surface area contributed by atoms with Gasteiger partial charge in [-0.15, -0.1) is 11.8 Å². The van der Waals surface area contributed by atoms with Crippen LogP contribution in [0.5, 0.6) is 0 Å². The molecule has 0 N–H and O–H groups in total. The SMILES string of the molecule is O=C1CSC(CC23CC4CC(CC(C4)C2)C3)N1CCN1CCCC1. The average molecular weight is 349 g/mol. The Hall–Kier alpha value is -0.220. The molecule has 1 atom stereocenters. The van der Waals surface area contributed by atoms with Crippen LogP contribution in [0.4, 0.5) is 0 Å². The third-order valence-corrected chi connectivity index (χ3v) is 8.92. The molecule has 6 rings (SSSR count). The molecular weight excluding hydrogens is 316 g/mol. The van der Waals surface area contributed by atoms with Crippen molar-refractivity contribution in [3.8, 4) is 0 Å². The second-order valence-electron chi connectivity index (χ2n) is 9.52. The van der Waals surface area contributed by atoms with E-state index in [1.807, 2.05) is 11.8 Å². The Bertz CT molecular complexity index is 467. The first-order valence-corrected chi connectivity index (χ1v) is 11.4. The minimum atomic E-state index is 0.411. The summed E-state index contributed by atoms with van der Waals surface area (Å²) in [6.45, 7) is 4.57. The summed E-state index contributed by atoms with van der Waals surface area (Å²) in [4.78, 5) is 17.3. The molecule has 4 saturated carbocycles. The molecule has 1 amide bonds. The molecule has 4 bridgehead atoms. The highest BCUT2D eigenvalue weighted by molar-refractivity contribution is 8.00. The predicted molar refractivity (Wildman–Crippen MR) is 98.9 cm³/mol. The lowest BCUT2D eigenvalue weighted by Crippen LogP contribution is -2.49. The molecule has 0 radical (unpaired) electrons. The van der Waals surface area contributed by atoms with Crippen LogP contribution in [0.2, 0.25) is 0 Å². The standard InChI is InChI=1S/C20H32N2OS/c23-18-14-24-19(22(18)6-5-21-3-1-2-4-21)13-20-10-15-7-16(11-20)9-17(8-15)12-20/h15-17,19H,1-14H2. The number of hydrogen-bond donors (Lipinski definition) is 0. The number of carbonyl (C=O) groups is 1. The maximum Gasteiger partial charge on any atom is 0.233 e. The third kappa shape index (κ3) is 2.92. The van der Waals surface area contributed by atoms with Crippen LogP contribution in [0.25, 0.3) is 0 Å². The highest BCUT2D eigenvalue weighted by Gasteiger charge is 2.52. The van der Waals surface area contributed by atoms with Crippen LogP contribution >= 0.6 is 11.8 Å². The van der Waals surface area contributed by atoms with Crippen molar-refractivity contribution in [3.63, 3.8) is 0 Å². The van der Waals surface area contributed by atoms with E-state index < -0.39 is 0 Å². The van der Waals surface area contributed by atoms with E-state index >= 15 is 0 Å². The highest BCUT2D eigenvalue weighted by Crippen LogP contribution is 2.62. The van der Waals surface area contributed by atoms with Crippen LogP contribution in [0, 0.1) is 23.2 Å². The fraction of sp³-hybridized carbons (Fsp3) is 0.950. The van der Waals surface area contributed by atoms with Crippen molar-refractivity contribution in [2.45, 2.75) is 63.2 Å². The smallest absolute Gasteiger partial charge is 0.233 e. The van der Waals surface area contributed by atoms with Gasteiger partial charge in [-0.1, -0.05) is 0 Å². The quantitative estimate of drug-likeness (QED) is 0.758. The Balaban J connectivity index is 1.24. The number of carbonyl (C=O) groups excluding carboxylic acids is 1. The Morgan fingerprint density at radius 1 is 0.958 bits per heavy atom. The van der Waals surface area contributed by atoms with Crippen molar-refractivity contribution in [2.24, 2.45) is 23.2 Å². The number of likely N-dealkylation sites (tertiary alicyclic amines) is 1. The van der Waals surface area contributed by atoms with E-state index in [0.717, 1.165) is 36.6 Å². The van der Waals surface area contributed by atoms with Gasteiger partial charge in [0.25, 0.3) is 0 Å². The maximum atomic E-state index is 12.5. The van der Waals surface area contributed by atoms with Gasteiger partial charge in [0.2, 0.25) is 5.91 Å². The first-order chi connectivity index (χ1) is 11.7. The molecule has 6 fully saturated rings. The van der Waals surface area contributed by atoms with Gasteiger partial charge in [-0.05, 0) is 94.0 Å². The molecule has 0 spiro atoms. The molecule has 0 aromatic heterocycles. The van der Waals surface area contributed by atoms with Gasteiger partial charge in [0.1, 0.15) is 0 Å². The predicted octanol–water partition coefficient (Wildman–Crippen LogP) is 3.59. The number of amides is 1. The van der Waals surface area contributed by atoms with Crippen LogP contribution < -0.4 is 0 Å². The third-order valence-electron chi connectivity index (χ3n) is 7.70. The lowest BCUT2D eigenvalue weighted by Gasteiger charge is -2.57. The van der Waals surface area contributed by atoms with Crippen molar-refractivity contribution >= 4 is 17.7 Å². The second kappa shape index (κ2) is 6.19. The first kappa shape index (κ1) is 16.0. The molecule has 0 aromatic carbocycles. The minimum Gasteiger partial charge on any atom is -0.329 e. The van der Waals surface area contributed by atoms with Crippen molar-refractivity contribution < 1.29 is 4.79 Å². The molecule has 24 heavy (non-hydrogen) atoms. The van der Waals surface area contributed by atoms with E-state index in [1.165, 1.54) is 70.9 Å². The number of nitrogens with zero attached hydrogens (tertiary/aromatic N) is 2. The van der Waals surface area contributed by atoms with Gasteiger partial charge in [0.05, 0.1) is 11.1 Å². The molecule has 3 nitrogen and oxygen atoms in total. The van der Waals surface area contributed by atoms with Gasteiger partial charge in [-0.25, -0.2) is 0 Å². The van der Waals surface area contributed by atoms with Crippen LogP contribution in [0.3, 0.4) is 0 Å². The second-order valence-corrected chi connectivity index (χ2v) is 10.7. The summed E-state index contributed by atoms with van der Waals surface area (Å²) in [5.41, 5.74) is 0.600. The van der Waals surface area contributed by atoms with E-state index in [1.54, 1.807) is 0 Å². The zero-order valence-electron chi connectivity index (χ0n) is 14.9. The molecule has 2 saturated heterocycles. The summed E-state index contributed by atoms with van der Waals surface area (Å²) >= 11 is 1.95. The summed E-state index contributed by atoms with van der Waals surface area (Å²) < 4.78 is 0. The van der Waals surface area contributed by atoms with Gasteiger partial charge in [0, 0.05) is 13.1 Å². The zero-order valence-corrected chi connectivity index (χ0v) is 15.7.